The highest BCUT2D eigenvalue weighted by Gasteiger charge is 2.27. The maximum absolute atomic E-state index is 10.4. The zero-order chi connectivity index (χ0) is 13.3. The Balaban J connectivity index is 2.03. The van der Waals surface area contributed by atoms with Crippen LogP contribution in [0.5, 0.6) is 0 Å². The predicted octanol–water partition coefficient (Wildman–Crippen LogP) is 3.07. The van der Waals surface area contributed by atoms with Gasteiger partial charge in [0.2, 0.25) is 0 Å². The molecule has 18 heavy (non-hydrogen) atoms. The van der Waals surface area contributed by atoms with Crippen molar-refractivity contribution in [1.29, 1.82) is 0 Å². The molecule has 3 unspecified atom stereocenters. The lowest BCUT2D eigenvalue weighted by Crippen LogP contribution is -2.31. The molecule has 1 N–H and O–H groups in total. The number of rotatable bonds is 3. The summed E-state index contributed by atoms with van der Waals surface area (Å²) in [7, 11) is 0. The summed E-state index contributed by atoms with van der Waals surface area (Å²) < 4.78 is 0. The second-order valence-corrected chi connectivity index (χ2v) is 6.00. The number of hydrogen-bond acceptors (Lipinski definition) is 2. The van der Waals surface area contributed by atoms with Crippen molar-refractivity contribution in [2.45, 2.75) is 46.3 Å². The number of β-amino-alcohol motifs (C(OH)–C–C–N with tert-alkyl or cyclic N) is 1. The third kappa shape index (κ3) is 2.93. The lowest BCUT2D eigenvalue weighted by molar-refractivity contribution is 0.109. The van der Waals surface area contributed by atoms with E-state index in [1.54, 1.807) is 0 Å². The Bertz CT molecular complexity index is 416. The van der Waals surface area contributed by atoms with Crippen LogP contribution in [0.2, 0.25) is 0 Å². The summed E-state index contributed by atoms with van der Waals surface area (Å²) in [5.74, 6) is 0.756. The van der Waals surface area contributed by atoms with Gasteiger partial charge in [-0.3, -0.25) is 4.90 Å². The molecule has 0 aromatic heterocycles. The fraction of sp³-hybridized carbons (Fsp3) is 0.625. The van der Waals surface area contributed by atoms with Crippen LogP contribution in [-0.2, 0) is 0 Å². The third-order valence-corrected chi connectivity index (χ3v) is 4.24. The second kappa shape index (κ2) is 5.41. The zero-order valence-corrected chi connectivity index (χ0v) is 12.0. The molecule has 2 rings (SSSR count). The van der Waals surface area contributed by atoms with Crippen LogP contribution in [0, 0.1) is 19.8 Å². The summed E-state index contributed by atoms with van der Waals surface area (Å²) in [6, 6.07) is 6.87. The SMILES string of the molecule is Cc1ccc(C(O)CN2CC(C)CC2C)cc1C. The number of aliphatic hydroxyl groups is 1. The summed E-state index contributed by atoms with van der Waals surface area (Å²) in [4.78, 5) is 2.41. The Morgan fingerprint density at radius 3 is 2.56 bits per heavy atom. The van der Waals surface area contributed by atoms with Crippen LogP contribution >= 0.6 is 0 Å². The van der Waals surface area contributed by atoms with Crippen molar-refractivity contribution in [2.75, 3.05) is 13.1 Å². The molecule has 0 saturated carbocycles. The molecule has 1 heterocycles. The van der Waals surface area contributed by atoms with Crippen molar-refractivity contribution >= 4 is 0 Å². The maximum atomic E-state index is 10.4. The molecule has 1 saturated heterocycles. The summed E-state index contributed by atoms with van der Waals surface area (Å²) >= 11 is 0. The van der Waals surface area contributed by atoms with E-state index in [1.807, 2.05) is 0 Å². The molecule has 0 bridgehead atoms. The number of likely N-dealkylation sites (tertiary alicyclic amines) is 1. The number of aryl methyl sites for hydroxylation is 2. The summed E-state index contributed by atoms with van der Waals surface area (Å²) in [6.45, 7) is 10.6. The van der Waals surface area contributed by atoms with Crippen LogP contribution in [-0.4, -0.2) is 29.1 Å². The summed E-state index contributed by atoms with van der Waals surface area (Å²) in [6.07, 6.45) is 0.886. The lowest BCUT2D eigenvalue weighted by Gasteiger charge is -2.24. The molecule has 0 aliphatic carbocycles. The van der Waals surface area contributed by atoms with Crippen LogP contribution in [0.3, 0.4) is 0 Å². The first kappa shape index (κ1) is 13.6. The van der Waals surface area contributed by atoms with Crippen molar-refractivity contribution in [3.63, 3.8) is 0 Å². The van der Waals surface area contributed by atoms with E-state index in [0.717, 1.165) is 24.6 Å². The summed E-state index contributed by atoms with van der Waals surface area (Å²) in [5, 5.41) is 10.4. The predicted molar refractivity (Wildman–Crippen MR) is 75.7 cm³/mol. The van der Waals surface area contributed by atoms with Gasteiger partial charge in [-0.25, -0.2) is 0 Å². The van der Waals surface area contributed by atoms with E-state index in [4.69, 9.17) is 0 Å². The quantitative estimate of drug-likeness (QED) is 0.887. The smallest absolute Gasteiger partial charge is 0.0917 e. The van der Waals surface area contributed by atoms with Gasteiger partial charge in [0, 0.05) is 19.1 Å². The minimum absolute atomic E-state index is 0.364. The first-order valence-electron chi connectivity index (χ1n) is 6.96. The van der Waals surface area contributed by atoms with Crippen molar-refractivity contribution in [3.8, 4) is 0 Å². The van der Waals surface area contributed by atoms with Gasteiger partial charge < -0.3 is 5.11 Å². The van der Waals surface area contributed by atoms with E-state index in [0.29, 0.717) is 6.04 Å². The Hall–Kier alpha value is -0.860. The molecule has 1 aliphatic rings. The maximum Gasteiger partial charge on any atom is 0.0917 e. The molecule has 2 heteroatoms. The average molecular weight is 247 g/mol. The van der Waals surface area contributed by atoms with Crippen molar-refractivity contribution in [3.05, 3.63) is 34.9 Å². The van der Waals surface area contributed by atoms with Gasteiger partial charge >= 0.3 is 0 Å². The first-order chi connectivity index (χ1) is 8.47. The molecular weight excluding hydrogens is 222 g/mol. The van der Waals surface area contributed by atoms with E-state index in [1.165, 1.54) is 17.5 Å². The Morgan fingerprint density at radius 2 is 2.00 bits per heavy atom. The highest BCUT2D eigenvalue weighted by Crippen LogP contribution is 2.26. The van der Waals surface area contributed by atoms with Crippen molar-refractivity contribution < 1.29 is 5.11 Å². The van der Waals surface area contributed by atoms with E-state index in [-0.39, 0.29) is 6.10 Å². The van der Waals surface area contributed by atoms with Crippen LogP contribution in [0.25, 0.3) is 0 Å². The van der Waals surface area contributed by atoms with Gasteiger partial charge in [-0.1, -0.05) is 25.1 Å². The van der Waals surface area contributed by atoms with E-state index in [9.17, 15) is 5.11 Å². The summed E-state index contributed by atoms with van der Waals surface area (Å²) in [5.41, 5.74) is 3.59. The fourth-order valence-electron chi connectivity index (χ4n) is 2.94. The number of aliphatic hydroxyl groups excluding tert-OH is 1. The monoisotopic (exact) mass is 247 g/mol. The molecular formula is C16H25NO. The molecule has 100 valence electrons. The van der Waals surface area contributed by atoms with Crippen LogP contribution < -0.4 is 0 Å². The van der Waals surface area contributed by atoms with Gasteiger partial charge in [-0.2, -0.15) is 0 Å². The van der Waals surface area contributed by atoms with Gasteiger partial charge in [-0.15, -0.1) is 0 Å². The topological polar surface area (TPSA) is 23.5 Å². The lowest BCUT2D eigenvalue weighted by atomic mass is 10.0. The Labute approximate surface area is 111 Å². The molecule has 0 spiro atoms. The van der Waals surface area contributed by atoms with Gasteiger partial charge in [-0.05, 0) is 49.8 Å². The Morgan fingerprint density at radius 1 is 1.28 bits per heavy atom. The molecule has 0 amide bonds. The van der Waals surface area contributed by atoms with Crippen molar-refractivity contribution in [2.24, 2.45) is 5.92 Å². The molecule has 1 fully saturated rings. The molecule has 1 aromatic carbocycles. The highest BCUT2D eigenvalue weighted by molar-refractivity contribution is 5.31. The highest BCUT2D eigenvalue weighted by atomic mass is 16.3. The van der Waals surface area contributed by atoms with Crippen LogP contribution in [0.1, 0.15) is 43.1 Å². The van der Waals surface area contributed by atoms with Crippen LogP contribution in [0.4, 0.5) is 0 Å². The van der Waals surface area contributed by atoms with Gasteiger partial charge in [0.25, 0.3) is 0 Å². The van der Waals surface area contributed by atoms with Gasteiger partial charge in [0.05, 0.1) is 6.10 Å². The van der Waals surface area contributed by atoms with Gasteiger partial charge in [0.1, 0.15) is 0 Å². The third-order valence-electron chi connectivity index (χ3n) is 4.24. The molecule has 0 radical (unpaired) electrons. The molecule has 3 atom stereocenters. The number of hydrogen-bond donors (Lipinski definition) is 1. The number of nitrogens with zero attached hydrogens (tertiary/aromatic N) is 1. The molecule has 1 aliphatic heterocycles. The first-order valence-corrected chi connectivity index (χ1v) is 6.96. The van der Waals surface area contributed by atoms with Crippen LogP contribution in [0.15, 0.2) is 18.2 Å². The average Bonchev–Trinajstić information content (AvgIpc) is 2.61. The normalized spacial score (nSPS) is 26.5. The molecule has 2 nitrogen and oxygen atoms in total. The Kier molecular flexibility index (Phi) is 4.08. The van der Waals surface area contributed by atoms with Crippen molar-refractivity contribution in [1.82, 2.24) is 4.90 Å². The fourth-order valence-corrected chi connectivity index (χ4v) is 2.94. The number of benzene rings is 1. The van der Waals surface area contributed by atoms with E-state index in [2.05, 4.69) is 50.8 Å². The minimum Gasteiger partial charge on any atom is -0.387 e. The standard InChI is InChI=1S/C16H25NO/c1-11-7-14(4)17(9-11)10-16(18)15-6-5-12(2)13(3)8-15/h5-6,8,11,14,16,18H,7,9-10H2,1-4H3. The minimum atomic E-state index is -0.364. The van der Waals surface area contributed by atoms with Gasteiger partial charge in [0.15, 0.2) is 0 Å². The van der Waals surface area contributed by atoms with E-state index < -0.39 is 0 Å². The zero-order valence-electron chi connectivity index (χ0n) is 12.0. The van der Waals surface area contributed by atoms with E-state index >= 15 is 0 Å². The second-order valence-electron chi connectivity index (χ2n) is 6.00. The molecule has 1 aromatic rings. The largest absolute Gasteiger partial charge is 0.387 e.